The van der Waals surface area contributed by atoms with Gasteiger partial charge in [-0.1, -0.05) is 0 Å². The maximum Gasteiger partial charge on any atom is 0.150 e. The molecule has 1 saturated heterocycles. The summed E-state index contributed by atoms with van der Waals surface area (Å²) in [6.45, 7) is 3.35. The van der Waals surface area contributed by atoms with Crippen LogP contribution in [0.1, 0.15) is 12.0 Å². The minimum atomic E-state index is -0.682. The van der Waals surface area contributed by atoms with Crippen molar-refractivity contribution < 1.29 is 8.78 Å². The van der Waals surface area contributed by atoms with E-state index in [0.717, 1.165) is 31.8 Å². The Hall–Kier alpha value is -2.11. The van der Waals surface area contributed by atoms with Crippen molar-refractivity contribution in [1.29, 1.82) is 5.26 Å². The Kier molecular flexibility index (Phi) is 4.55. The second-order valence-corrected chi connectivity index (χ2v) is 4.68. The van der Waals surface area contributed by atoms with Crippen LogP contribution in [0.3, 0.4) is 0 Å². The highest BCUT2D eigenvalue weighted by Gasteiger charge is 2.22. The van der Waals surface area contributed by atoms with Crippen LogP contribution in [0.15, 0.2) is 12.1 Å². The summed E-state index contributed by atoms with van der Waals surface area (Å²) >= 11 is 0. The van der Waals surface area contributed by atoms with E-state index in [1.165, 1.54) is 0 Å². The maximum atomic E-state index is 13.9. The van der Waals surface area contributed by atoms with Crippen LogP contribution >= 0.6 is 0 Å². The lowest BCUT2D eigenvalue weighted by atomic mass is 10.1. The summed E-state index contributed by atoms with van der Waals surface area (Å²) in [4.78, 5) is 3.86. The molecule has 104 valence electrons. The SMILES string of the molecule is C#CCCN1CCN(c2c(F)cc(C#N)cc2F)CC1. The lowest BCUT2D eigenvalue weighted by Gasteiger charge is -2.36. The van der Waals surface area contributed by atoms with Crippen LogP contribution < -0.4 is 4.90 Å². The molecule has 1 aliphatic rings. The van der Waals surface area contributed by atoms with Gasteiger partial charge in [-0.2, -0.15) is 5.26 Å². The topological polar surface area (TPSA) is 30.3 Å². The van der Waals surface area contributed by atoms with Gasteiger partial charge >= 0.3 is 0 Å². The lowest BCUT2D eigenvalue weighted by Crippen LogP contribution is -2.47. The van der Waals surface area contributed by atoms with E-state index in [1.54, 1.807) is 11.0 Å². The Labute approximate surface area is 117 Å². The van der Waals surface area contributed by atoms with Crippen LogP contribution in [-0.2, 0) is 0 Å². The van der Waals surface area contributed by atoms with Gasteiger partial charge in [0.1, 0.15) is 5.69 Å². The molecular formula is C15H15F2N3. The Morgan fingerprint density at radius 2 is 1.75 bits per heavy atom. The average Bonchev–Trinajstić information content (AvgIpc) is 2.45. The molecule has 3 nitrogen and oxygen atoms in total. The molecule has 5 heteroatoms. The number of benzene rings is 1. The van der Waals surface area contributed by atoms with E-state index >= 15 is 0 Å². The van der Waals surface area contributed by atoms with E-state index in [0.29, 0.717) is 19.5 Å². The Morgan fingerprint density at radius 3 is 2.25 bits per heavy atom. The third-order valence-electron chi connectivity index (χ3n) is 3.41. The van der Waals surface area contributed by atoms with Gasteiger partial charge < -0.3 is 4.90 Å². The van der Waals surface area contributed by atoms with Crippen LogP contribution in [-0.4, -0.2) is 37.6 Å². The molecule has 0 amide bonds. The van der Waals surface area contributed by atoms with E-state index in [1.807, 2.05) is 0 Å². The van der Waals surface area contributed by atoms with Gasteiger partial charge in [0.2, 0.25) is 0 Å². The first kappa shape index (κ1) is 14.3. The number of hydrogen-bond acceptors (Lipinski definition) is 3. The van der Waals surface area contributed by atoms with Crippen LogP contribution in [0.2, 0.25) is 0 Å². The molecule has 0 saturated carbocycles. The molecule has 1 aromatic rings. The monoisotopic (exact) mass is 275 g/mol. The van der Waals surface area contributed by atoms with Crippen LogP contribution in [0.25, 0.3) is 0 Å². The highest BCUT2D eigenvalue weighted by molar-refractivity contribution is 5.53. The van der Waals surface area contributed by atoms with Gasteiger partial charge in [-0.25, -0.2) is 8.78 Å². The zero-order chi connectivity index (χ0) is 14.5. The average molecular weight is 275 g/mol. The number of anilines is 1. The van der Waals surface area contributed by atoms with E-state index in [-0.39, 0.29) is 11.3 Å². The fourth-order valence-electron chi connectivity index (χ4n) is 2.35. The van der Waals surface area contributed by atoms with Crippen molar-refractivity contribution in [1.82, 2.24) is 4.90 Å². The molecule has 0 aliphatic carbocycles. The number of terminal acetylenes is 1. The number of hydrogen-bond donors (Lipinski definition) is 0. The minimum Gasteiger partial charge on any atom is -0.364 e. The molecule has 0 aromatic heterocycles. The molecule has 1 aromatic carbocycles. The summed E-state index contributed by atoms with van der Waals surface area (Å²) in [6, 6.07) is 3.89. The van der Waals surface area contributed by atoms with Crippen LogP contribution in [0, 0.1) is 35.3 Å². The van der Waals surface area contributed by atoms with Crippen molar-refractivity contribution in [3.8, 4) is 18.4 Å². The van der Waals surface area contributed by atoms with Gasteiger partial charge in [-0.3, -0.25) is 4.90 Å². The molecule has 0 radical (unpaired) electrons. The van der Waals surface area contributed by atoms with E-state index < -0.39 is 11.6 Å². The standard InChI is InChI=1S/C15H15F2N3/c1-2-3-4-19-5-7-20(8-6-19)15-13(16)9-12(11-18)10-14(15)17/h1,9-10H,3-8H2. The molecule has 0 N–H and O–H groups in total. The van der Waals surface area contributed by atoms with Gasteiger partial charge in [0.15, 0.2) is 11.6 Å². The van der Waals surface area contributed by atoms with Crippen molar-refractivity contribution in [2.45, 2.75) is 6.42 Å². The van der Waals surface area contributed by atoms with Crippen LogP contribution in [0.5, 0.6) is 0 Å². The van der Waals surface area contributed by atoms with Gasteiger partial charge in [0.25, 0.3) is 0 Å². The third kappa shape index (κ3) is 3.07. The van der Waals surface area contributed by atoms with E-state index in [2.05, 4.69) is 10.8 Å². The van der Waals surface area contributed by atoms with Crippen molar-refractivity contribution in [3.05, 3.63) is 29.3 Å². The first-order valence-electron chi connectivity index (χ1n) is 6.45. The Bertz CT molecular complexity index is 540. The molecule has 20 heavy (non-hydrogen) atoms. The van der Waals surface area contributed by atoms with Gasteiger partial charge in [-0.15, -0.1) is 12.3 Å². The van der Waals surface area contributed by atoms with Crippen LogP contribution in [0.4, 0.5) is 14.5 Å². The summed E-state index contributed by atoms with van der Waals surface area (Å²) in [7, 11) is 0. The molecular weight excluding hydrogens is 260 g/mol. The van der Waals surface area contributed by atoms with Crippen molar-refractivity contribution in [2.24, 2.45) is 0 Å². The Balaban J connectivity index is 2.08. The summed E-state index contributed by atoms with van der Waals surface area (Å²) in [6.07, 6.45) is 5.90. The molecule has 0 unspecified atom stereocenters. The second kappa shape index (κ2) is 6.36. The number of nitrogens with zero attached hydrogens (tertiary/aromatic N) is 3. The van der Waals surface area contributed by atoms with E-state index in [4.69, 9.17) is 11.7 Å². The smallest absolute Gasteiger partial charge is 0.150 e. The molecule has 0 atom stereocenters. The van der Waals surface area contributed by atoms with Crippen molar-refractivity contribution in [3.63, 3.8) is 0 Å². The summed E-state index contributed by atoms with van der Waals surface area (Å²) in [5.41, 5.74) is -0.0444. The molecule has 1 fully saturated rings. The molecule has 1 heterocycles. The van der Waals surface area contributed by atoms with Gasteiger partial charge in [0.05, 0.1) is 11.6 Å². The lowest BCUT2D eigenvalue weighted by molar-refractivity contribution is 0.262. The second-order valence-electron chi connectivity index (χ2n) is 4.68. The van der Waals surface area contributed by atoms with Gasteiger partial charge in [-0.05, 0) is 12.1 Å². The predicted octanol–water partition coefficient (Wildman–Crippen LogP) is 1.98. The summed E-state index contributed by atoms with van der Waals surface area (Å²) in [5.74, 6) is 1.22. The summed E-state index contributed by atoms with van der Waals surface area (Å²) in [5, 5.41) is 8.69. The zero-order valence-electron chi connectivity index (χ0n) is 11.1. The first-order chi connectivity index (χ1) is 9.65. The van der Waals surface area contributed by atoms with Crippen molar-refractivity contribution >= 4 is 5.69 Å². The van der Waals surface area contributed by atoms with Crippen molar-refractivity contribution in [2.75, 3.05) is 37.6 Å². The Morgan fingerprint density at radius 1 is 1.15 bits per heavy atom. The largest absolute Gasteiger partial charge is 0.364 e. The number of rotatable bonds is 3. The normalized spacial score (nSPS) is 15.7. The van der Waals surface area contributed by atoms with Gasteiger partial charge in [0, 0.05) is 39.1 Å². The highest BCUT2D eigenvalue weighted by atomic mass is 19.1. The zero-order valence-corrected chi connectivity index (χ0v) is 11.1. The predicted molar refractivity (Wildman–Crippen MR) is 73.2 cm³/mol. The fourth-order valence-corrected chi connectivity index (χ4v) is 2.35. The maximum absolute atomic E-state index is 13.9. The molecule has 1 aliphatic heterocycles. The minimum absolute atomic E-state index is 0.00333. The first-order valence-corrected chi connectivity index (χ1v) is 6.45. The third-order valence-corrected chi connectivity index (χ3v) is 3.41. The van der Waals surface area contributed by atoms with E-state index in [9.17, 15) is 8.78 Å². The molecule has 0 spiro atoms. The number of piperazine rings is 1. The fraction of sp³-hybridized carbons (Fsp3) is 0.400. The molecule has 2 rings (SSSR count). The number of halogens is 2. The molecule has 0 bridgehead atoms. The quantitative estimate of drug-likeness (QED) is 0.790. The highest BCUT2D eigenvalue weighted by Crippen LogP contribution is 2.25. The number of nitriles is 1. The summed E-state index contributed by atoms with van der Waals surface area (Å²) < 4.78 is 27.8.